The zero-order chi connectivity index (χ0) is 7.28. The van der Waals surface area contributed by atoms with Gasteiger partial charge in [0.15, 0.2) is 0 Å². The van der Waals surface area contributed by atoms with Crippen molar-refractivity contribution in [1.29, 1.82) is 0 Å². The summed E-state index contributed by atoms with van der Waals surface area (Å²) in [7, 11) is 0. The molecule has 2 nitrogen and oxygen atoms in total. The number of aliphatic hydroxyl groups is 1. The smallest absolute Gasteiger partial charge is 0.125 e. The second-order valence-corrected chi connectivity index (χ2v) is 2.18. The molecule has 0 saturated carbocycles. The van der Waals surface area contributed by atoms with Gasteiger partial charge < -0.3 is 9.90 Å². The summed E-state index contributed by atoms with van der Waals surface area (Å²) < 4.78 is 0. The molecule has 0 fully saturated rings. The molecule has 2 atom stereocenters. The predicted molar refractivity (Wildman–Crippen MR) is 36.1 cm³/mol. The lowest BCUT2D eigenvalue weighted by atomic mass is 10.00. The van der Waals surface area contributed by atoms with Crippen LogP contribution in [-0.2, 0) is 4.79 Å². The van der Waals surface area contributed by atoms with Crippen molar-refractivity contribution in [2.24, 2.45) is 5.92 Å². The molecule has 0 unspecified atom stereocenters. The summed E-state index contributed by atoms with van der Waals surface area (Å²) in [5.41, 5.74) is 0. The number of aldehydes is 1. The maximum Gasteiger partial charge on any atom is 0.125 e. The van der Waals surface area contributed by atoms with Crippen LogP contribution in [0.25, 0.3) is 0 Å². The molecule has 54 valence electrons. The molecule has 0 heterocycles. The fraction of sp³-hybridized carbons (Fsp3) is 0.857. The van der Waals surface area contributed by atoms with Gasteiger partial charge in [0.1, 0.15) is 6.29 Å². The molecule has 0 saturated heterocycles. The predicted octanol–water partition coefficient (Wildman–Crippen LogP) is 0.982. The van der Waals surface area contributed by atoms with E-state index in [4.69, 9.17) is 5.11 Å². The van der Waals surface area contributed by atoms with Crippen LogP contribution in [0.5, 0.6) is 0 Å². The molecule has 0 amide bonds. The van der Waals surface area contributed by atoms with Gasteiger partial charge >= 0.3 is 0 Å². The van der Waals surface area contributed by atoms with Crippen molar-refractivity contribution < 1.29 is 9.90 Å². The minimum atomic E-state index is -0.438. The molecule has 0 spiro atoms. The monoisotopic (exact) mass is 130 g/mol. The van der Waals surface area contributed by atoms with Crippen LogP contribution in [0.2, 0.25) is 0 Å². The van der Waals surface area contributed by atoms with E-state index in [0.717, 1.165) is 12.7 Å². The Morgan fingerprint density at radius 1 is 1.44 bits per heavy atom. The summed E-state index contributed by atoms with van der Waals surface area (Å²) in [5, 5.41) is 9.09. The first-order chi connectivity index (χ1) is 4.26. The molecule has 0 aliphatic carbocycles. The third-order valence-corrected chi connectivity index (χ3v) is 1.56. The highest BCUT2D eigenvalue weighted by Gasteiger charge is 2.12. The van der Waals surface area contributed by atoms with Gasteiger partial charge in [0.25, 0.3) is 0 Å². The van der Waals surface area contributed by atoms with E-state index in [0.29, 0.717) is 6.42 Å². The van der Waals surface area contributed by atoms with Gasteiger partial charge in [0, 0.05) is 5.92 Å². The van der Waals surface area contributed by atoms with E-state index in [1.165, 1.54) is 0 Å². The first-order valence-electron chi connectivity index (χ1n) is 3.39. The quantitative estimate of drug-likeness (QED) is 0.576. The molecule has 2 heteroatoms. The normalized spacial score (nSPS) is 16.8. The lowest BCUT2D eigenvalue weighted by Gasteiger charge is -2.12. The van der Waals surface area contributed by atoms with Gasteiger partial charge in [-0.15, -0.1) is 0 Å². The molecule has 0 aromatic heterocycles. The molecule has 1 N–H and O–H groups in total. The summed E-state index contributed by atoms with van der Waals surface area (Å²) in [6.45, 7) is 3.77. The maximum absolute atomic E-state index is 10.2. The van der Waals surface area contributed by atoms with Crippen molar-refractivity contribution in [3.8, 4) is 0 Å². The standard InChI is InChI=1S/C7H14O2/c1-3-6(5-8)7(9)4-2/h5-7,9H,3-4H2,1-2H3/t6-,7-/m0/s1. The largest absolute Gasteiger partial charge is 0.392 e. The molecular weight excluding hydrogens is 116 g/mol. The highest BCUT2D eigenvalue weighted by atomic mass is 16.3. The molecule has 0 aliphatic rings. The summed E-state index contributed by atoms with van der Waals surface area (Å²) >= 11 is 0. The first-order valence-corrected chi connectivity index (χ1v) is 3.39. The summed E-state index contributed by atoms with van der Waals surface area (Å²) in [6, 6.07) is 0. The summed E-state index contributed by atoms with van der Waals surface area (Å²) in [6.07, 6.45) is 1.79. The van der Waals surface area contributed by atoms with E-state index in [2.05, 4.69) is 0 Å². The SMILES string of the molecule is CC[C@@H](C=O)[C@@H](O)CC. The molecule has 9 heavy (non-hydrogen) atoms. The topological polar surface area (TPSA) is 37.3 Å². The second kappa shape index (κ2) is 4.50. The minimum Gasteiger partial charge on any atom is -0.392 e. The van der Waals surface area contributed by atoms with Gasteiger partial charge in [0.05, 0.1) is 6.10 Å². The van der Waals surface area contributed by atoms with E-state index in [1.807, 2.05) is 13.8 Å². The number of carbonyl (C=O) groups excluding carboxylic acids is 1. The molecule has 0 bridgehead atoms. The lowest BCUT2D eigenvalue weighted by molar-refractivity contribution is -0.114. The third kappa shape index (κ3) is 2.61. The van der Waals surface area contributed by atoms with Crippen LogP contribution in [0.15, 0.2) is 0 Å². The zero-order valence-electron chi connectivity index (χ0n) is 6.00. The minimum absolute atomic E-state index is 0.157. The van der Waals surface area contributed by atoms with Crippen LogP contribution in [0, 0.1) is 5.92 Å². The molecule has 0 aromatic carbocycles. The lowest BCUT2D eigenvalue weighted by Crippen LogP contribution is -2.19. The van der Waals surface area contributed by atoms with E-state index < -0.39 is 6.10 Å². The van der Waals surface area contributed by atoms with E-state index in [1.54, 1.807) is 0 Å². The average Bonchev–Trinajstić information content (AvgIpc) is 1.90. The van der Waals surface area contributed by atoms with Crippen molar-refractivity contribution in [1.82, 2.24) is 0 Å². The highest BCUT2D eigenvalue weighted by molar-refractivity contribution is 5.54. The van der Waals surface area contributed by atoms with E-state index in [-0.39, 0.29) is 5.92 Å². The van der Waals surface area contributed by atoms with Crippen molar-refractivity contribution in [3.05, 3.63) is 0 Å². The Morgan fingerprint density at radius 2 is 2.00 bits per heavy atom. The summed E-state index contributed by atoms with van der Waals surface area (Å²) in [5.74, 6) is -0.157. The Labute approximate surface area is 55.9 Å². The van der Waals surface area contributed by atoms with Crippen LogP contribution in [-0.4, -0.2) is 17.5 Å². The van der Waals surface area contributed by atoms with E-state index >= 15 is 0 Å². The maximum atomic E-state index is 10.2. The summed E-state index contributed by atoms with van der Waals surface area (Å²) in [4.78, 5) is 10.2. The molecule has 0 aliphatic heterocycles. The molecule has 0 aromatic rings. The van der Waals surface area contributed by atoms with Gasteiger partial charge in [0.2, 0.25) is 0 Å². The Hall–Kier alpha value is -0.370. The Balaban J connectivity index is 3.63. The molecular formula is C7H14O2. The van der Waals surface area contributed by atoms with Gasteiger partial charge in [-0.1, -0.05) is 13.8 Å². The zero-order valence-corrected chi connectivity index (χ0v) is 6.00. The fourth-order valence-electron chi connectivity index (χ4n) is 0.762. The van der Waals surface area contributed by atoms with Crippen LogP contribution < -0.4 is 0 Å². The number of rotatable bonds is 4. The van der Waals surface area contributed by atoms with Crippen molar-refractivity contribution in [2.45, 2.75) is 32.8 Å². The van der Waals surface area contributed by atoms with Crippen LogP contribution in [0.4, 0.5) is 0 Å². The van der Waals surface area contributed by atoms with Gasteiger partial charge in [-0.05, 0) is 12.8 Å². The van der Waals surface area contributed by atoms with Gasteiger partial charge in [-0.25, -0.2) is 0 Å². The van der Waals surface area contributed by atoms with Crippen LogP contribution in [0.1, 0.15) is 26.7 Å². The van der Waals surface area contributed by atoms with Crippen LogP contribution in [0.3, 0.4) is 0 Å². The second-order valence-electron chi connectivity index (χ2n) is 2.18. The van der Waals surface area contributed by atoms with Crippen molar-refractivity contribution >= 4 is 6.29 Å². The Kier molecular flexibility index (Phi) is 4.32. The number of hydrogen-bond donors (Lipinski definition) is 1. The average molecular weight is 130 g/mol. The Morgan fingerprint density at radius 3 is 2.11 bits per heavy atom. The number of hydrogen-bond acceptors (Lipinski definition) is 2. The van der Waals surface area contributed by atoms with Crippen molar-refractivity contribution in [2.75, 3.05) is 0 Å². The first kappa shape index (κ1) is 8.63. The van der Waals surface area contributed by atoms with Crippen molar-refractivity contribution in [3.63, 3.8) is 0 Å². The highest BCUT2D eigenvalue weighted by Crippen LogP contribution is 2.07. The third-order valence-electron chi connectivity index (χ3n) is 1.56. The van der Waals surface area contributed by atoms with Gasteiger partial charge in [-0.2, -0.15) is 0 Å². The molecule has 0 rings (SSSR count). The Bertz CT molecular complexity index is 81.0. The van der Waals surface area contributed by atoms with Crippen LogP contribution >= 0.6 is 0 Å². The number of carbonyl (C=O) groups is 1. The molecule has 0 radical (unpaired) electrons. The fourth-order valence-corrected chi connectivity index (χ4v) is 0.762. The van der Waals surface area contributed by atoms with E-state index in [9.17, 15) is 4.79 Å². The van der Waals surface area contributed by atoms with Gasteiger partial charge in [-0.3, -0.25) is 0 Å². The number of aliphatic hydroxyl groups excluding tert-OH is 1.